The molecule has 0 radical (unpaired) electrons. The fourth-order valence-corrected chi connectivity index (χ4v) is 2.38. The Balaban J connectivity index is 2.66. The molecule has 1 fully saturated rings. The zero-order valence-electron chi connectivity index (χ0n) is 10.6. The molecular weight excluding hydrogens is 204 g/mol. The van der Waals surface area contributed by atoms with Gasteiger partial charge in [0, 0.05) is 18.6 Å². The Bertz CT molecular complexity index is 251. The van der Waals surface area contributed by atoms with Crippen molar-refractivity contribution in [2.75, 3.05) is 13.1 Å². The summed E-state index contributed by atoms with van der Waals surface area (Å²) in [6.45, 7) is 7.14. The quantitative estimate of drug-likeness (QED) is 0.761. The molecule has 16 heavy (non-hydrogen) atoms. The maximum Gasteiger partial charge on any atom is 0.310 e. The monoisotopic (exact) mass is 228 g/mol. The van der Waals surface area contributed by atoms with Crippen LogP contribution >= 0.6 is 0 Å². The van der Waals surface area contributed by atoms with Crippen LogP contribution in [0.5, 0.6) is 0 Å². The smallest absolute Gasteiger partial charge is 0.310 e. The van der Waals surface area contributed by atoms with Crippen molar-refractivity contribution in [3.05, 3.63) is 0 Å². The molecular formula is C12H24N2O2. The average Bonchev–Trinajstić information content (AvgIpc) is 2.17. The number of hydrogen-bond donors (Lipinski definition) is 2. The number of likely N-dealkylation sites (tertiary alicyclic amines) is 1. The molecule has 1 aliphatic rings. The minimum absolute atomic E-state index is 0.116. The summed E-state index contributed by atoms with van der Waals surface area (Å²) >= 11 is 0. The van der Waals surface area contributed by atoms with Gasteiger partial charge < -0.3 is 10.8 Å². The Hall–Kier alpha value is -0.610. The van der Waals surface area contributed by atoms with Crippen molar-refractivity contribution in [1.82, 2.24) is 4.90 Å². The summed E-state index contributed by atoms with van der Waals surface area (Å²) in [4.78, 5) is 13.4. The largest absolute Gasteiger partial charge is 0.481 e. The topological polar surface area (TPSA) is 66.6 Å². The lowest BCUT2D eigenvalue weighted by molar-refractivity contribution is -0.148. The van der Waals surface area contributed by atoms with E-state index in [-0.39, 0.29) is 6.04 Å². The van der Waals surface area contributed by atoms with E-state index in [0.717, 1.165) is 19.4 Å². The van der Waals surface area contributed by atoms with Gasteiger partial charge >= 0.3 is 5.97 Å². The second-order valence-electron chi connectivity index (χ2n) is 5.58. The van der Waals surface area contributed by atoms with Crippen molar-refractivity contribution in [3.8, 4) is 0 Å². The molecule has 0 spiro atoms. The van der Waals surface area contributed by atoms with Crippen molar-refractivity contribution < 1.29 is 9.90 Å². The number of carboxylic acids is 1. The highest BCUT2D eigenvalue weighted by atomic mass is 16.4. The van der Waals surface area contributed by atoms with Crippen molar-refractivity contribution >= 4 is 5.97 Å². The fourth-order valence-electron chi connectivity index (χ4n) is 2.38. The van der Waals surface area contributed by atoms with Crippen LogP contribution in [0.3, 0.4) is 0 Å². The van der Waals surface area contributed by atoms with Gasteiger partial charge in [0.25, 0.3) is 0 Å². The van der Waals surface area contributed by atoms with Crippen LogP contribution in [-0.4, -0.2) is 41.1 Å². The van der Waals surface area contributed by atoms with Crippen molar-refractivity contribution in [3.63, 3.8) is 0 Å². The molecule has 2 atom stereocenters. The highest BCUT2D eigenvalue weighted by Gasteiger charge is 2.34. The molecule has 0 amide bonds. The van der Waals surface area contributed by atoms with Crippen molar-refractivity contribution in [1.29, 1.82) is 0 Å². The highest BCUT2D eigenvalue weighted by molar-refractivity contribution is 5.73. The third-order valence-corrected chi connectivity index (χ3v) is 3.45. The summed E-state index contributed by atoms with van der Waals surface area (Å²) in [7, 11) is 0. The molecule has 94 valence electrons. The number of hydrogen-bond acceptors (Lipinski definition) is 3. The van der Waals surface area contributed by atoms with Gasteiger partial charge in [-0.3, -0.25) is 9.69 Å². The lowest BCUT2D eigenvalue weighted by Gasteiger charge is -2.41. The Morgan fingerprint density at radius 3 is 2.69 bits per heavy atom. The van der Waals surface area contributed by atoms with Gasteiger partial charge in [0.2, 0.25) is 0 Å². The molecule has 1 heterocycles. The Kier molecular flexibility index (Phi) is 4.33. The number of piperidine rings is 1. The summed E-state index contributed by atoms with van der Waals surface area (Å²) in [6, 6.07) is 0.456. The van der Waals surface area contributed by atoms with Gasteiger partial charge in [0.15, 0.2) is 0 Å². The number of nitrogens with two attached hydrogens (primary N) is 1. The Morgan fingerprint density at radius 1 is 1.56 bits per heavy atom. The second-order valence-corrected chi connectivity index (χ2v) is 5.58. The predicted octanol–water partition coefficient (Wildman–Crippen LogP) is 1.30. The van der Waals surface area contributed by atoms with Gasteiger partial charge in [0.05, 0.1) is 5.41 Å². The van der Waals surface area contributed by atoms with Crippen molar-refractivity contribution in [2.45, 2.75) is 52.1 Å². The third-order valence-electron chi connectivity index (χ3n) is 3.45. The van der Waals surface area contributed by atoms with Crippen LogP contribution in [0, 0.1) is 5.41 Å². The highest BCUT2D eigenvalue weighted by Crippen LogP contribution is 2.25. The first-order valence-corrected chi connectivity index (χ1v) is 6.07. The normalized spacial score (nSPS) is 25.4. The number of rotatable bonds is 4. The Morgan fingerprint density at radius 2 is 2.19 bits per heavy atom. The first-order chi connectivity index (χ1) is 7.34. The molecule has 1 saturated heterocycles. The maximum atomic E-state index is 11.1. The number of nitrogens with zero attached hydrogens (tertiary/aromatic N) is 1. The summed E-state index contributed by atoms with van der Waals surface area (Å²) in [5.41, 5.74) is 5.27. The molecule has 0 bridgehead atoms. The molecule has 0 aromatic rings. The number of carboxylic acid groups (broad SMARTS) is 1. The van der Waals surface area contributed by atoms with E-state index in [1.54, 1.807) is 13.8 Å². The lowest BCUT2D eigenvalue weighted by atomic mass is 9.89. The van der Waals surface area contributed by atoms with E-state index in [2.05, 4.69) is 4.90 Å². The van der Waals surface area contributed by atoms with E-state index in [4.69, 9.17) is 10.8 Å². The van der Waals surface area contributed by atoms with E-state index in [1.807, 2.05) is 6.92 Å². The van der Waals surface area contributed by atoms with Gasteiger partial charge in [-0.15, -0.1) is 0 Å². The SMILES string of the molecule is CC(N)C1CCCCN1CC(C)(C)C(=O)O. The minimum Gasteiger partial charge on any atom is -0.481 e. The van der Waals surface area contributed by atoms with E-state index in [9.17, 15) is 4.79 Å². The summed E-state index contributed by atoms with van der Waals surface area (Å²) < 4.78 is 0. The van der Waals surface area contributed by atoms with Gasteiger partial charge in [-0.25, -0.2) is 0 Å². The van der Waals surface area contributed by atoms with Crippen LogP contribution in [0.25, 0.3) is 0 Å². The van der Waals surface area contributed by atoms with Crippen LogP contribution < -0.4 is 5.73 Å². The molecule has 3 N–H and O–H groups in total. The summed E-state index contributed by atoms with van der Waals surface area (Å²) in [5.74, 6) is -0.735. The van der Waals surface area contributed by atoms with Crippen LogP contribution in [0.1, 0.15) is 40.0 Å². The van der Waals surface area contributed by atoms with Crippen LogP contribution in [0.4, 0.5) is 0 Å². The number of aliphatic carboxylic acids is 1. The maximum absolute atomic E-state index is 11.1. The fraction of sp³-hybridized carbons (Fsp3) is 0.917. The average molecular weight is 228 g/mol. The first-order valence-electron chi connectivity index (χ1n) is 6.07. The Labute approximate surface area is 97.8 Å². The third kappa shape index (κ3) is 3.19. The summed E-state index contributed by atoms with van der Waals surface area (Å²) in [5, 5.41) is 9.14. The minimum atomic E-state index is -0.735. The van der Waals surface area contributed by atoms with E-state index < -0.39 is 11.4 Å². The van der Waals surface area contributed by atoms with Crippen LogP contribution in [-0.2, 0) is 4.79 Å². The first kappa shape index (κ1) is 13.5. The van der Waals surface area contributed by atoms with E-state index >= 15 is 0 Å². The van der Waals surface area contributed by atoms with Crippen molar-refractivity contribution in [2.24, 2.45) is 11.1 Å². The summed E-state index contributed by atoms with van der Waals surface area (Å²) in [6.07, 6.45) is 3.45. The molecule has 2 unspecified atom stereocenters. The molecule has 0 aliphatic carbocycles. The van der Waals surface area contributed by atoms with Gasteiger partial charge in [-0.1, -0.05) is 6.42 Å². The molecule has 4 nitrogen and oxygen atoms in total. The van der Waals surface area contributed by atoms with E-state index in [0.29, 0.717) is 12.6 Å². The molecule has 1 rings (SSSR count). The van der Waals surface area contributed by atoms with Gasteiger partial charge in [-0.2, -0.15) is 0 Å². The van der Waals surface area contributed by atoms with Crippen LogP contribution in [0.2, 0.25) is 0 Å². The zero-order chi connectivity index (χ0) is 12.3. The standard InChI is InChI=1S/C12H24N2O2/c1-9(13)10-6-4-5-7-14(10)8-12(2,3)11(15)16/h9-10H,4-8,13H2,1-3H3,(H,15,16). The molecule has 4 heteroatoms. The lowest BCUT2D eigenvalue weighted by Crippen LogP contribution is -2.53. The second kappa shape index (κ2) is 5.15. The molecule has 0 aromatic carbocycles. The van der Waals surface area contributed by atoms with Crippen LogP contribution in [0.15, 0.2) is 0 Å². The van der Waals surface area contributed by atoms with E-state index in [1.165, 1.54) is 6.42 Å². The number of carbonyl (C=O) groups is 1. The van der Waals surface area contributed by atoms with Gasteiger partial charge in [0.1, 0.15) is 0 Å². The molecule has 0 saturated carbocycles. The molecule has 0 aromatic heterocycles. The predicted molar refractivity (Wildman–Crippen MR) is 64.3 cm³/mol. The zero-order valence-corrected chi connectivity index (χ0v) is 10.6. The molecule has 1 aliphatic heterocycles. The van der Waals surface area contributed by atoms with Gasteiger partial charge in [-0.05, 0) is 40.2 Å².